The Kier molecular flexibility index (Phi) is 8.43. The van der Waals surface area contributed by atoms with Crippen LogP contribution in [0.5, 0.6) is 11.5 Å². The Bertz CT molecular complexity index is 1480. The van der Waals surface area contributed by atoms with E-state index in [1.165, 1.54) is 6.92 Å². The van der Waals surface area contributed by atoms with Crippen molar-refractivity contribution in [3.8, 4) is 17.2 Å². The van der Waals surface area contributed by atoms with Gasteiger partial charge in [-0.15, -0.1) is 0 Å². The first-order chi connectivity index (χ1) is 19.1. The molecule has 2 aromatic heterocycles. The molecule has 0 aliphatic carbocycles. The van der Waals surface area contributed by atoms with Gasteiger partial charge in [0.05, 0.1) is 11.4 Å². The van der Waals surface area contributed by atoms with E-state index < -0.39 is 17.9 Å². The summed E-state index contributed by atoms with van der Waals surface area (Å²) < 4.78 is 12.1. The molecule has 0 unspecified atom stereocenters. The lowest BCUT2D eigenvalue weighted by molar-refractivity contribution is -0.144. The molecule has 206 valence electrons. The van der Waals surface area contributed by atoms with Crippen LogP contribution < -0.4 is 20.7 Å². The molecule has 0 saturated carbocycles. The summed E-state index contributed by atoms with van der Waals surface area (Å²) >= 11 is 0. The largest absolute Gasteiger partial charge is 0.457 e. The third kappa shape index (κ3) is 7.67. The lowest BCUT2D eigenvalue weighted by atomic mass is 9.92. The van der Waals surface area contributed by atoms with Crippen LogP contribution in [0.4, 0.5) is 22.0 Å². The number of rotatable bonds is 8. The smallest absolute Gasteiger partial charge is 0.324 e. The topological polar surface area (TPSA) is 136 Å². The molecule has 0 aliphatic heterocycles. The van der Waals surface area contributed by atoms with Crippen molar-refractivity contribution in [3.63, 3.8) is 0 Å². The minimum absolute atomic E-state index is 0.270. The Morgan fingerprint density at radius 2 is 1.43 bits per heavy atom. The van der Waals surface area contributed by atoms with Crippen molar-refractivity contribution in [1.29, 1.82) is 0 Å². The van der Waals surface area contributed by atoms with Crippen molar-refractivity contribution in [1.82, 2.24) is 14.8 Å². The molecule has 0 spiro atoms. The molecule has 2 aromatic carbocycles. The maximum atomic E-state index is 12.9. The van der Waals surface area contributed by atoms with Crippen molar-refractivity contribution < 1.29 is 23.9 Å². The minimum Gasteiger partial charge on any atom is -0.457 e. The number of benzene rings is 2. The predicted molar refractivity (Wildman–Crippen MR) is 151 cm³/mol. The maximum absolute atomic E-state index is 12.9. The predicted octanol–water partition coefficient (Wildman–Crippen LogP) is 5.50. The van der Waals surface area contributed by atoms with E-state index in [1.807, 2.05) is 26.8 Å². The monoisotopic (exact) mass is 542 g/mol. The van der Waals surface area contributed by atoms with E-state index in [2.05, 4.69) is 20.9 Å². The van der Waals surface area contributed by atoms with Gasteiger partial charge in [0.15, 0.2) is 6.61 Å². The summed E-state index contributed by atoms with van der Waals surface area (Å²) in [6.07, 6.45) is 3.29. The molecule has 4 rings (SSSR count). The van der Waals surface area contributed by atoms with Crippen molar-refractivity contribution in [3.05, 3.63) is 84.8 Å². The minimum atomic E-state index is -0.532. The van der Waals surface area contributed by atoms with Gasteiger partial charge in [0.2, 0.25) is 0 Å². The molecule has 11 nitrogen and oxygen atoms in total. The lowest BCUT2D eigenvalue weighted by Crippen LogP contribution is -2.21. The Balaban J connectivity index is 1.45. The van der Waals surface area contributed by atoms with E-state index >= 15 is 0 Å². The molecular formula is C29H30N6O5. The molecule has 3 amide bonds. The van der Waals surface area contributed by atoms with E-state index in [-0.39, 0.29) is 12.0 Å². The molecule has 0 radical (unpaired) electrons. The van der Waals surface area contributed by atoms with E-state index in [0.29, 0.717) is 34.4 Å². The third-order valence-electron chi connectivity index (χ3n) is 5.52. The average Bonchev–Trinajstić information content (AvgIpc) is 3.34. The molecule has 40 heavy (non-hydrogen) atoms. The second kappa shape index (κ2) is 12.1. The summed E-state index contributed by atoms with van der Waals surface area (Å²) in [5.74, 6) is 0.763. The molecule has 0 fully saturated rings. The van der Waals surface area contributed by atoms with E-state index in [9.17, 15) is 14.4 Å². The summed E-state index contributed by atoms with van der Waals surface area (Å²) in [4.78, 5) is 39.7. The number of aromatic nitrogens is 3. The Morgan fingerprint density at radius 3 is 2.05 bits per heavy atom. The van der Waals surface area contributed by atoms with Crippen LogP contribution in [-0.2, 0) is 19.7 Å². The second-order valence-corrected chi connectivity index (χ2v) is 9.84. The first kappa shape index (κ1) is 27.8. The third-order valence-corrected chi connectivity index (χ3v) is 5.52. The van der Waals surface area contributed by atoms with Gasteiger partial charge >= 0.3 is 12.0 Å². The van der Waals surface area contributed by atoms with Gasteiger partial charge in [-0.2, -0.15) is 5.10 Å². The molecule has 0 bridgehead atoms. The molecule has 11 heteroatoms. The van der Waals surface area contributed by atoms with Crippen LogP contribution in [0.2, 0.25) is 0 Å². The Hall–Kier alpha value is -5.19. The fourth-order valence-corrected chi connectivity index (χ4v) is 3.51. The molecule has 0 aliphatic rings. The first-order valence-electron chi connectivity index (χ1n) is 12.5. The number of ether oxygens (including phenoxy) is 2. The number of nitrogens with zero attached hydrogens (tertiary/aromatic N) is 3. The van der Waals surface area contributed by atoms with Gasteiger partial charge in [-0.3, -0.25) is 19.9 Å². The first-order valence-corrected chi connectivity index (χ1v) is 12.5. The normalized spacial score (nSPS) is 10.9. The average molecular weight is 543 g/mol. The van der Waals surface area contributed by atoms with Gasteiger partial charge < -0.3 is 20.1 Å². The Labute approximate surface area is 231 Å². The number of urea groups is 1. The standard InChI is InChI=1S/C29H30N6O5/c1-19(36)39-18-27(37)31-20-5-9-22(10-6-20)35-26(17-25(34-35)29(2,3)4)33-28(38)32-21-7-11-23(12-8-21)40-24-13-15-30-16-14-24/h5-17H,18H2,1-4H3,(H,31,37)(H2,32,33,38). The Morgan fingerprint density at radius 1 is 0.825 bits per heavy atom. The van der Waals surface area contributed by atoms with Gasteiger partial charge in [0, 0.05) is 42.2 Å². The van der Waals surface area contributed by atoms with Crippen molar-refractivity contribution >= 4 is 35.1 Å². The molecule has 0 saturated heterocycles. The molecule has 3 N–H and O–H groups in total. The zero-order valence-electron chi connectivity index (χ0n) is 22.6. The zero-order chi connectivity index (χ0) is 28.7. The highest BCUT2D eigenvalue weighted by atomic mass is 16.5. The number of anilines is 3. The molecule has 4 aromatic rings. The van der Waals surface area contributed by atoms with Crippen LogP contribution in [0.1, 0.15) is 33.4 Å². The fourth-order valence-electron chi connectivity index (χ4n) is 3.51. The van der Waals surface area contributed by atoms with Crippen LogP contribution >= 0.6 is 0 Å². The second-order valence-electron chi connectivity index (χ2n) is 9.84. The number of carbonyl (C=O) groups excluding carboxylic acids is 3. The number of esters is 1. The molecular weight excluding hydrogens is 512 g/mol. The summed E-state index contributed by atoms with van der Waals surface area (Å²) in [5.41, 5.74) is 2.27. The van der Waals surface area contributed by atoms with Crippen LogP contribution in [0, 0.1) is 0 Å². The van der Waals surface area contributed by atoms with Crippen LogP contribution in [0.25, 0.3) is 5.69 Å². The maximum Gasteiger partial charge on any atom is 0.324 e. The SMILES string of the molecule is CC(=O)OCC(=O)Nc1ccc(-n2nc(C(C)(C)C)cc2NC(=O)Nc2ccc(Oc3ccncc3)cc2)cc1. The number of pyridine rings is 1. The van der Waals surface area contributed by atoms with Gasteiger partial charge in [-0.05, 0) is 60.7 Å². The van der Waals surface area contributed by atoms with Gasteiger partial charge in [0.25, 0.3) is 5.91 Å². The quantitative estimate of drug-likeness (QED) is 0.250. The summed E-state index contributed by atoms with van der Waals surface area (Å²) in [6, 6.07) is 18.8. The van der Waals surface area contributed by atoms with Crippen LogP contribution in [-0.4, -0.2) is 39.3 Å². The highest BCUT2D eigenvalue weighted by Crippen LogP contribution is 2.27. The summed E-state index contributed by atoms with van der Waals surface area (Å²) in [5, 5.41) is 13.1. The highest BCUT2D eigenvalue weighted by molar-refractivity contribution is 5.99. The lowest BCUT2D eigenvalue weighted by Gasteiger charge is -2.14. The van der Waals surface area contributed by atoms with Crippen molar-refractivity contribution in [2.75, 3.05) is 22.6 Å². The van der Waals surface area contributed by atoms with Gasteiger partial charge in [-0.25, -0.2) is 9.48 Å². The molecule has 2 heterocycles. The van der Waals surface area contributed by atoms with E-state index in [1.54, 1.807) is 77.7 Å². The number of amides is 3. The van der Waals surface area contributed by atoms with Crippen LogP contribution in [0.15, 0.2) is 79.1 Å². The van der Waals surface area contributed by atoms with E-state index in [0.717, 1.165) is 5.69 Å². The number of nitrogens with one attached hydrogen (secondary N) is 3. The van der Waals surface area contributed by atoms with Gasteiger partial charge in [-0.1, -0.05) is 20.8 Å². The summed E-state index contributed by atoms with van der Waals surface area (Å²) in [7, 11) is 0. The number of hydrogen-bond donors (Lipinski definition) is 3. The molecule has 0 atom stereocenters. The zero-order valence-corrected chi connectivity index (χ0v) is 22.6. The highest BCUT2D eigenvalue weighted by Gasteiger charge is 2.21. The van der Waals surface area contributed by atoms with E-state index in [4.69, 9.17) is 14.6 Å². The fraction of sp³-hybridized carbons (Fsp3) is 0.207. The number of hydrogen-bond acceptors (Lipinski definition) is 7. The summed E-state index contributed by atoms with van der Waals surface area (Å²) in [6.45, 7) is 6.96. The number of carbonyl (C=O) groups is 3. The van der Waals surface area contributed by atoms with Gasteiger partial charge in [0.1, 0.15) is 17.3 Å². The van der Waals surface area contributed by atoms with Crippen molar-refractivity contribution in [2.24, 2.45) is 0 Å². The van der Waals surface area contributed by atoms with Crippen LogP contribution in [0.3, 0.4) is 0 Å². The van der Waals surface area contributed by atoms with Crippen molar-refractivity contribution in [2.45, 2.75) is 33.1 Å².